The van der Waals surface area contributed by atoms with Crippen LogP contribution in [0.1, 0.15) is 11.6 Å². The molecule has 1 aliphatic heterocycles. The molecule has 2 aromatic carbocycles. The lowest BCUT2D eigenvalue weighted by atomic mass is 10.1. The summed E-state index contributed by atoms with van der Waals surface area (Å²) in [5.41, 5.74) is 7.74. The normalized spacial score (nSPS) is 16.2. The predicted molar refractivity (Wildman–Crippen MR) is 90.3 cm³/mol. The van der Waals surface area contributed by atoms with Gasteiger partial charge >= 0.3 is 0 Å². The number of amides is 1. The predicted octanol–water partition coefficient (Wildman–Crippen LogP) is 1.74. The lowest BCUT2D eigenvalue weighted by molar-refractivity contribution is -0.133. The van der Waals surface area contributed by atoms with Crippen molar-refractivity contribution >= 4 is 11.6 Å². The number of benzene rings is 2. The molecular formula is C18H21N3O2. The van der Waals surface area contributed by atoms with Gasteiger partial charge < -0.3 is 20.6 Å². The van der Waals surface area contributed by atoms with E-state index in [-0.39, 0.29) is 11.7 Å². The molecule has 5 heteroatoms. The van der Waals surface area contributed by atoms with Crippen LogP contribution < -0.4 is 10.6 Å². The van der Waals surface area contributed by atoms with Crippen molar-refractivity contribution in [2.75, 3.05) is 31.1 Å². The first-order chi connectivity index (χ1) is 11.2. The van der Waals surface area contributed by atoms with Gasteiger partial charge in [0.15, 0.2) is 0 Å². The zero-order chi connectivity index (χ0) is 16.2. The number of carbonyl (C=O) groups excluding carboxylic acids is 1. The Morgan fingerprint density at radius 1 is 0.957 bits per heavy atom. The van der Waals surface area contributed by atoms with Gasteiger partial charge in [-0.05, 0) is 17.7 Å². The Labute approximate surface area is 135 Å². The summed E-state index contributed by atoms with van der Waals surface area (Å²) in [6, 6.07) is 16.1. The molecule has 2 aromatic rings. The molecule has 1 atom stereocenters. The van der Waals surface area contributed by atoms with Crippen LogP contribution in [0.25, 0.3) is 0 Å². The van der Waals surface area contributed by atoms with Crippen LogP contribution >= 0.6 is 0 Å². The molecule has 0 aromatic heterocycles. The monoisotopic (exact) mass is 311 g/mol. The number of phenols is 1. The molecular weight excluding hydrogens is 290 g/mol. The fourth-order valence-corrected chi connectivity index (χ4v) is 2.90. The molecule has 0 saturated carbocycles. The van der Waals surface area contributed by atoms with Gasteiger partial charge in [0.05, 0.1) is 5.69 Å². The molecule has 1 heterocycles. The summed E-state index contributed by atoms with van der Waals surface area (Å²) >= 11 is 0. The fraction of sp³-hybridized carbons (Fsp3) is 0.278. The van der Waals surface area contributed by atoms with Crippen LogP contribution in [0.15, 0.2) is 54.6 Å². The molecule has 0 unspecified atom stereocenters. The van der Waals surface area contributed by atoms with E-state index in [0.29, 0.717) is 26.2 Å². The van der Waals surface area contributed by atoms with Crippen molar-refractivity contribution in [1.82, 2.24) is 4.90 Å². The van der Waals surface area contributed by atoms with E-state index in [1.165, 1.54) is 0 Å². The second-order valence-electron chi connectivity index (χ2n) is 5.69. The number of nitrogens with zero attached hydrogens (tertiary/aromatic N) is 2. The molecule has 0 aliphatic carbocycles. The molecule has 1 aliphatic rings. The zero-order valence-electron chi connectivity index (χ0n) is 12.9. The molecule has 1 fully saturated rings. The molecule has 0 spiro atoms. The van der Waals surface area contributed by atoms with E-state index < -0.39 is 6.04 Å². The number of rotatable bonds is 3. The van der Waals surface area contributed by atoms with Crippen molar-refractivity contribution in [2.24, 2.45) is 5.73 Å². The SMILES string of the molecule is N[C@@H](C(=O)N1CCN(c2ccccc2O)CC1)c1ccccc1. The van der Waals surface area contributed by atoms with Crippen molar-refractivity contribution in [1.29, 1.82) is 0 Å². The summed E-state index contributed by atoms with van der Waals surface area (Å²) < 4.78 is 0. The number of aromatic hydroxyl groups is 1. The van der Waals surface area contributed by atoms with E-state index >= 15 is 0 Å². The highest BCUT2D eigenvalue weighted by Gasteiger charge is 2.26. The highest BCUT2D eigenvalue weighted by atomic mass is 16.3. The van der Waals surface area contributed by atoms with Crippen LogP contribution in [-0.4, -0.2) is 42.1 Å². The number of hydrogen-bond donors (Lipinski definition) is 2. The van der Waals surface area contributed by atoms with Crippen molar-refractivity contribution in [3.63, 3.8) is 0 Å². The minimum atomic E-state index is -0.618. The van der Waals surface area contributed by atoms with Crippen LogP contribution in [0.4, 0.5) is 5.69 Å². The first-order valence-electron chi connectivity index (χ1n) is 7.79. The lowest BCUT2D eigenvalue weighted by Gasteiger charge is -2.37. The number of para-hydroxylation sites is 2. The van der Waals surface area contributed by atoms with E-state index in [0.717, 1.165) is 11.3 Å². The second kappa shape index (κ2) is 6.71. The Balaban J connectivity index is 1.63. The Morgan fingerprint density at radius 3 is 2.22 bits per heavy atom. The standard InChI is InChI=1S/C18H21N3O2/c19-17(14-6-2-1-3-7-14)18(23)21-12-10-20(11-13-21)15-8-4-5-9-16(15)22/h1-9,17,22H,10-13,19H2/t17-/m1/s1. The quantitative estimate of drug-likeness (QED) is 0.906. The average molecular weight is 311 g/mol. The van der Waals surface area contributed by atoms with Gasteiger partial charge in [0.25, 0.3) is 0 Å². The number of nitrogens with two attached hydrogens (primary N) is 1. The maximum Gasteiger partial charge on any atom is 0.244 e. The van der Waals surface area contributed by atoms with E-state index in [1.54, 1.807) is 17.0 Å². The summed E-state index contributed by atoms with van der Waals surface area (Å²) in [7, 11) is 0. The maximum absolute atomic E-state index is 12.5. The summed E-state index contributed by atoms with van der Waals surface area (Å²) in [6.45, 7) is 2.58. The Kier molecular flexibility index (Phi) is 4.48. The average Bonchev–Trinajstić information content (AvgIpc) is 2.62. The summed E-state index contributed by atoms with van der Waals surface area (Å²) in [4.78, 5) is 16.4. The minimum Gasteiger partial charge on any atom is -0.506 e. The maximum atomic E-state index is 12.5. The van der Waals surface area contributed by atoms with Crippen LogP contribution in [0.3, 0.4) is 0 Å². The van der Waals surface area contributed by atoms with Gasteiger partial charge in [0, 0.05) is 26.2 Å². The Hall–Kier alpha value is -2.53. The molecule has 0 radical (unpaired) electrons. The number of carbonyl (C=O) groups is 1. The van der Waals surface area contributed by atoms with Crippen molar-refractivity contribution in [3.05, 3.63) is 60.2 Å². The van der Waals surface area contributed by atoms with Gasteiger partial charge in [-0.15, -0.1) is 0 Å². The van der Waals surface area contributed by atoms with E-state index in [4.69, 9.17) is 5.73 Å². The third kappa shape index (κ3) is 3.29. The molecule has 3 rings (SSSR count). The molecule has 0 bridgehead atoms. The third-order valence-electron chi connectivity index (χ3n) is 4.24. The van der Waals surface area contributed by atoms with Gasteiger partial charge in [-0.2, -0.15) is 0 Å². The van der Waals surface area contributed by atoms with Gasteiger partial charge in [-0.3, -0.25) is 4.79 Å². The number of phenolic OH excluding ortho intramolecular Hbond substituents is 1. The van der Waals surface area contributed by atoms with Crippen molar-refractivity contribution in [2.45, 2.75) is 6.04 Å². The first-order valence-corrected chi connectivity index (χ1v) is 7.79. The van der Waals surface area contributed by atoms with E-state index in [1.807, 2.05) is 42.5 Å². The van der Waals surface area contributed by atoms with E-state index in [2.05, 4.69) is 4.90 Å². The van der Waals surface area contributed by atoms with Gasteiger partial charge in [0.2, 0.25) is 5.91 Å². The minimum absolute atomic E-state index is 0.0480. The molecule has 3 N–H and O–H groups in total. The van der Waals surface area contributed by atoms with Crippen LogP contribution in [0.5, 0.6) is 5.75 Å². The smallest absolute Gasteiger partial charge is 0.244 e. The van der Waals surface area contributed by atoms with Gasteiger partial charge in [0.1, 0.15) is 11.8 Å². The van der Waals surface area contributed by atoms with Gasteiger partial charge in [-0.25, -0.2) is 0 Å². The van der Waals surface area contributed by atoms with Crippen molar-refractivity contribution < 1.29 is 9.90 Å². The van der Waals surface area contributed by atoms with Crippen molar-refractivity contribution in [3.8, 4) is 5.75 Å². The highest BCUT2D eigenvalue weighted by molar-refractivity contribution is 5.83. The first kappa shape index (κ1) is 15.4. The zero-order valence-corrected chi connectivity index (χ0v) is 12.9. The highest BCUT2D eigenvalue weighted by Crippen LogP contribution is 2.27. The summed E-state index contributed by atoms with van der Waals surface area (Å²) in [5.74, 6) is 0.224. The molecule has 1 saturated heterocycles. The molecule has 1 amide bonds. The van der Waals surface area contributed by atoms with Crippen LogP contribution in [-0.2, 0) is 4.79 Å². The summed E-state index contributed by atoms with van der Waals surface area (Å²) in [6.07, 6.45) is 0. The van der Waals surface area contributed by atoms with Crippen LogP contribution in [0, 0.1) is 0 Å². The molecule has 120 valence electrons. The fourth-order valence-electron chi connectivity index (χ4n) is 2.90. The number of hydrogen-bond acceptors (Lipinski definition) is 4. The van der Waals surface area contributed by atoms with E-state index in [9.17, 15) is 9.90 Å². The Bertz CT molecular complexity index is 667. The third-order valence-corrected chi connectivity index (χ3v) is 4.24. The second-order valence-corrected chi connectivity index (χ2v) is 5.69. The van der Waals surface area contributed by atoms with Gasteiger partial charge in [-0.1, -0.05) is 42.5 Å². The lowest BCUT2D eigenvalue weighted by Crippen LogP contribution is -2.51. The Morgan fingerprint density at radius 2 is 1.57 bits per heavy atom. The summed E-state index contributed by atoms with van der Waals surface area (Å²) in [5, 5.41) is 9.93. The van der Waals surface area contributed by atoms with Crippen LogP contribution in [0.2, 0.25) is 0 Å². The number of piperazine rings is 1. The topological polar surface area (TPSA) is 69.8 Å². The number of anilines is 1. The molecule has 5 nitrogen and oxygen atoms in total. The molecule has 23 heavy (non-hydrogen) atoms. The largest absolute Gasteiger partial charge is 0.506 e.